The van der Waals surface area contributed by atoms with Gasteiger partial charge in [0.1, 0.15) is 5.65 Å². The highest BCUT2D eigenvalue weighted by Gasteiger charge is 2.22. The summed E-state index contributed by atoms with van der Waals surface area (Å²) in [6, 6.07) is 52.5. The Kier molecular flexibility index (Phi) is 6.92. The van der Waals surface area contributed by atoms with Crippen molar-refractivity contribution in [3.05, 3.63) is 157 Å². The maximum atomic E-state index is 12.8. The largest absolute Gasteiger partial charge is 0.424 e. The van der Waals surface area contributed by atoms with E-state index in [1.54, 1.807) is 13.0 Å². The van der Waals surface area contributed by atoms with E-state index < -0.39 is 0 Å². The number of pyridine rings is 1. The molecule has 0 unspecified atom stereocenters. The van der Waals surface area contributed by atoms with Crippen LogP contribution in [0, 0.1) is 0 Å². The molecule has 6 heteroatoms. The van der Waals surface area contributed by atoms with Gasteiger partial charge in [0.25, 0.3) is 0 Å². The zero-order valence-electron chi connectivity index (χ0n) is 28.2. The molecule has 0 saturated heterocycles. The molecule has 2 aromatic heterocycles. The third kappa shape index (κ3) is 4.63. The second-order valence-corrected chi connectivity index (χ2v) is 13.5. The fourth-order valence-electron chi connectivity index (χ4n) is 7.85. The van der Waals surface area contributed by atoms with Gasteiger partial charge in [-0.05, 0) is 98.4 Å². The number of aromatic nitrogens is 2. The van der Waals surface area contributed by atoms with Gasteiger partial charge in [-0.1, -0.05) is 103 Å². The lowest BCUT2D eigenvalue weighted by molar-refractivity contribution is -0.133. The highest BCUT2D eigenvalue weighted by atomic mass is 35.5. The summed E-state index contributed by atoms with van der Waals surface area (Å²) in [6.07, 6.45) is 0.234. The van der Waals surface area contributed by atoms with Crippen LogP contribution in [0.1, 0.15) is 13.3 Å². The Bertz CT molecular complexity index is 3060. The van der Waals surface area contributed by atoms with E-state index in [9.17, 15) is 4.79 Å². The number of hydrogen-bond donors (Lipinski definition) is 0. The smallest absolute Gasteiger partial charge is 0.310 e. The number of ether oxygens (including phenoxy) is 1. The van der Waals surface area contributed by atoms with Crippen LogP contribution in [0.15, 0.2) is 152 Å². The first kappa shape index (κ1) is 30.4. The molecule has 0 radical (unpaired) electrons. The molecule has 52 heavy (non-hydrogen) atoms. The summed E-state index contributed by atoms with van der Waals surface area (Å²) in [5.41, 5.74) is 6.52. The van der Waals surface area contributed by atoms with Crippen molar-refractivity contribution < 1.29 is 9.53 Å². The van der Waals surface area contributed by atoms with Crippen molar-refractivity contribution in [1.29, 1.82) is 0 Å². The van der Waals surface area contributed by atoms with Crippen LogP contribution in [0.2, 0.25) is 5.02 Å². The van der Waals surface area contributed by atoms with Crippen molar-refractivity contribution >= 4 is 105 Å². The van der Waals surface area contributed by atoms with Crippen LogP contribution < -0.4 is 9.64 Å². The zero-order valence-corrected chi connectivity index (χ0v) is 28.9. The minimum Gasteiger partial charge on any atom is -0.424 e. The van der Waals surface area contributed by atoms with Gasteiger partial charge in [-0.15, -0.1) is 0 Å². The maximum Gasteiger partial charge on any atom is 0.310 e. The van der Waals surface area contributed by atoms with E-state index >= 15 is 0 Å². The number of carbonyl (C=O) groups excluding carboxylic acids is 1. The van der Waals surface area contributed by atoms with Crippen molar-refractivity contribution in [2.75, 3.05) is 4.90 Å². The van der Waals surface area contributed by atoms with E-state index in [2.05, 4.69) is 137 Å². The first-order chi connectivity index (χ1) is 25.6. The lowest BCUT2D eigenvalue weighted by Crippen LogP contribution is -2.14. The van der Waals surface area contributed by atoms with Crippen LogP contribution in [0.3, 0.4) is 0 Å². The number of halogens is 1. The molecular weight excluding hydrogens is 662 g/mol. The number of fused-ring (bicyclic) bond motifs is 14. The standard InChI is InChI=1S/C46H30ClN3O2/c1-2-45(51)52-44-25-28(47)19-24-43(44)49(29-20-22-35-33-13-4-3-11-31(33)32-12-5-6-14-34(32)38(35)26-29)30-21-23-37-39(27-30)36-15-7-9-17-41(36)50-42-18-10-8-16-40(42)48-46(37)50/h3-27H,2H2,1H3. The molecular formula is C46H30ClN3O2. The van der Waals surface area contributed by atoms with Gasteiger partial charge in [-0.25, -0.2) is 4.98 Å². The van der Waals surface area contributed by atoms with E-state index in [0.29, 0.717) is 16.5 Å². The number of rotatable bonds is 5. The Balaban J connectivity index is 1.29. The minimum absolute atomic E-state index is 0.234. The number of esters is 1. The lowest BCUT2D eigenvalue weighted by atomic mass is 9.94. The summed E-state index contributed by atoms with van der Waals surface area (Å²) < 4.78 is 8.24. The zero-order chi connectivity index (χ0) is 34.9. The molecule has 248 valence electrons. The second kappa shape index (κ2) is 11.8. The average Bonchev–Trinajstić information content (AvgIpc) is 3.59. The molecule has 0 saturated carbocycles. The van der Waals surface area contributed by atoms with Gasteiger partial charge >= 0.3 is 5.97 Å². The third-order valence-electron chi connectivity index (χ3n) is 10.2. The minimum atomic E-state index is -0.335. The summed E-state index contributed by atoms with van der Waals surface area (Å²) in [5, 5.41) is 10.8. The molecule has 0 atom stereocenters. The van der Waals surface area contributed by atoms with Crippen molar-refractivity contribution in [2.45, 2.75) is 13.3 Å². The highest BCUT2D eigenvalue weighted by Crippen LogP contribution is 2.46. The SMILES string of the molecule is CCC(=O)Oc1cc(Cl)ccc1N(c1ccc2c3ccccc3c3ccccc3c2c1)c1ccc2c(c1)c1ccccc1n1c3ccccc3nc21. The number of hydrogen-bond acceptors (Lipinski definition) is 4. The van der Waals surface area contributed by atoms with E-state index in [4.69, 9.17) is 21.3 Å². The van der Waals surface area contributed by atoms with Gasteiger partial charge in [0.05, 0.1) is 22.2 Å². The summed E-state index contributed by atoms with van der Waals surface area (Å²) in [6.45, 7) is 1.79. The average molecular weight is 692 g/mol. The lowest BCUT2D eigenvalue weighted by Gasteiger charge is -2.28. The molecule has 5 nitrogen and oxygen atoms in total. The summed E-state index contributed by atoms with van der Waals surface area (Å²) in [4.78, 5) is 20.1. The quantitative estimate of drug-likeness (QED) is 0.102. The van der Waals surface area contributed by atoms with Crippen LogP contribution in [-0.2, 0) is 4.79 Å². The Morgan fingerprint density at radius 1 is 0.596 bits per heavy atom. The third-order valence-corrected chi connectivity index (χ3v) is 10.4. The normalized spacial score (nSPS) is 11.8. The molecule has 0 aliphatic rings. The number of carbonyl (C=O) groups is 1. The van der Waals surface area contributed by atoms with Gasteiger partial charge in [0.15, 0.2) is 5.75 Å². The molecule has 0 bridgehead atoms. The fourth-order valence-corrected chi connectivity index (χ4v) is 8.01. The first-order valence-electron chi connectivity index (χ1n) is 17.4. The van der Waals surface area contributed by atoms with Crippen LogP contribution in [-0.4, -0.2) is 15.4 Å². The van der Waals surface area contributed by atoms with Crippen molar-refractivity contribution in [2.24, 2.45) is 0 Å². The number of imidazole rings is 1. The molecule has 2 heterocycles. The summed E-state index contributed by atoms with van der Waals surface area (Å²) in [7, 11) is 0. The van der Waals surface area contributed by atoms with Gasteiger partial charge in [0, 0.05) is 39.7 Å². The van der Waals surface area contributed by atoms with Gasteiger partial charge in [-0.2, -0.15) is 0 Å². The molecule has 10 aromatic rings. The number of nitrogens with zero attached hydrogens (tertiary/aromatic N) is 3. The van der Waals surface area contributed by atoms with Crippen molar-refractivity contribution in [3.8, 4) is 5.75 Å². The predicted molar refractivity (Wildman–Crippen MR) is 216 cm³/mol. The molecule has 0 spiro atoms. The van der Waals surface area contributed by atoms with E-state index in [1.807, 2.05) is 18.2 Å². The molecule has 0 fully saturated rings. The Morgan fingerprint density at radius 2 is 1.13 bits per heavy atom. The van der Waals surface area contributed by atoms with Crippen molar-refractivity contribution in [1.82, 2.24) is 9.38 Å². The van der Waals surface area contributed by atoms with Crippen LogP contribution in [0.5, 0.6) is 5.75 Å². The van der Waals surface area contributed by atoms with Gasteiger partial charge in [0.2, 0.25) is 0 Å². The number of anilines is 3. The Hall–Kier alpha value is -6.43. The molecule has 8 aromatic carbocycles. The van der Waals surface area contributed by atoms with E-state index in [-0.39, 0.29) is 12.4 Å². The molecule has 0 aliphatic heterocycles. The van der Waals surface area contributed by atoms with Crippen LogP contribution >= 0.6 is 11.6 Å². The summed E-state index contributed by atoms with van der Waals surface area (Å²) >= 11 is 6.55. The second-order valence-electron chi connectivity index (χ2n) is 13.1. The predicted octanol–water partition coefficient (Wildman–Crippen LogP) is 12.7. The maximum absolute atomic E-state index is 12.8. The molecule has 0 N–H and O–H groups in total. The topological polar surface area (TPSA) is 46.8 Å². The van der Waals surface area contributed by atoms with E-state index in [1.165, 1.54) is 26.9 Å². The van der Waals surface area contributed by atoms with Gasteiger partial charge in [-0.3, -0.25) is 9.20 Å². The Morgan fingerprint density at radius 3 is 1.81 bits per heavy atom. The van der Waals surface area contributed by atoms with Crippen LogP contribution in [0.25, 0.3) is 70.7 Å². The highest BCUT2D eigenvalue weighted by molar-refractivity contribution is 6.31. The number of benzene rings is 8. The molecule has 0 aliphatic carbocycles. The monoisotopic (exact) mass is 691 g/mol. The molecule has 0 amide bonds. The van der Waals surface area contributed by atoms with E-state index in [0.717, 1.165) is 55.1 Å². The van der Waals surface area contributed by atoms with Crippen LogP contribution in [0.4, 0.5) is 17.1 Å². The Labute approximate surface area is 303 Å². The summed E-state index contributed by atoms with van der Waals surface area (Å²) in [5.74, 6) is 0.0560. The first-order valence-corrected chi connectivity index (χ1v) is 17.8. The van der Waals surface area contributed by atoms with Gasteiger partial charge < -0.3 is 9.64 Å². The van der Waals surface area contributed by atoms with Crippen molar-refractivity contribution in [3.63, 3.8) is 0 Å². The number of para-hydroxylation sites is 3. The fraction of sp³-hybridized carbons (Fsp3) is 0.0435. The molecule has 10 rings (SSSR count).